The number of phenolic OH excluding ortho intramolecular Hbond substituents is 1. The smallest absolute Gasteiger partial charge is 0.335 e. The number of benzene rings is 1. The van der Waals surface area contributed by atoms with Gasteiger partial charge in [-0.15, -0.1) is 0 Å². The van der Waals surface area contributed by atoms with E-state index in [-0.39, 0.29) is 28.8 Å². The number of carbonyl (C=O) groups is 2. The molecule has 1 amide bonds. The Morgan fingerprint density at radius 2 is 2.11 bits per heavy atom. The van der Waals surface area contributed by atoms with E-state index in [9.17, 15) is 14.7 Å². The lowest BCUT2D eigenvalue weighted by Gasteiger charge is -2.13. The van der Waals surface area contributed by atoms with Gasteiger partial charge in [-0.25, -0.2) is 4.79 Å². The maximum absolute atomic E-state index is 11.8. The van der Waals surface area contributed by atoms with Gasteiger partial charge in [-0.1, -0.05) is 6.92 Å². The van der Waals surface area contributed by atoms with Gasteiger partial charge in [-0.05, 0) is 37.6 Å². The van der Waals surface area contributed by atoms with Gasteiger partial charge in [-0.2, -0.15) is 0 Å². The van der Waals surface area contributed by atoms with Crippen molar-refractivity contribution < 1.29 is 19.8 Å². The van der Waals surface area contributed by atoms with Crippen molar-refractivity contribution in [1.82, 2.24) is 0 Å². The third-order valence-corrected chi connectivity index (χ3v) is 2.79. The van der Waals surface area contributed by atoms with Crippen molar-refractivity contribution in [3.05, 3.63) is 23.8 Å². The molecule has 1 atom stereocenters. The molecule has 0 radical (unpaired) electrons. The summed E-state index contributed by atoms with van der Waals surface area (Å²) in [5.41, 5.74) is 5.47. The highest BCUT2D eigenvalue weighted by Crippen LogP contribution is 2.25. The standard InChI is InChI=1S/C13H18N2O4/c1-8(3-2-6-14)12(17)15-10-7-9(13(18)19)4-5-11(10)16/h4-5,7-8,16H,2-3,6,14H2,1H3,(H,15,17)(H,18,19). The van der Waals surface area contributed by atoms with Crippen molar-refractivity contribution in [2.75, 3.05) is 11.9 Å². The first kappa shape index (κ1) is 15.0. The summed E-state index contributed by atoms with van der Waals surface area (Å²) in [5, 5.41) is 21.0. The van der Waals surface area contributed by atoms with E-state index in [1.807, 2.05) is 0 Å². The lowest BCUT2D eigenvalue weighted by Crippen LogP contribution is -2.21. The van der Waals surface area contributed by atoms with Gasteiger partial charge in [-0.3, -0.25) is 4.79 Å². The molecule has 0 aliphatic heterocycles. The summed E-state index contributed by atoms with van der Waals surface area (Å²) < 4.78 is 0. The zero-order valence-electron chi connectivity index (χ0n) is 10.7. The van der Waals surface area contributed by atoms with Gasteiger partial charge < -0.3 is 21.3 Å². The van der Waals surface area contributed by atoms with E-state index in [1.54, 1.807) is 6.92 Å². The van der Waals surface area contributed by atoms with Crippen LogP contribution < -0.4 is 11.1 Å². The third kappa shape index (κ3) is 4.26. The zero-order chi connectivity index (χ0) is 14.4. The number of rotatable bonds is 6. The van der Waals surface area contributed by atoms with Crippen LogP contribution in [0.2, 0.25) is 0 Å². The first-order chi connectivity index (χ1) is 8.95. The molecule has 104 valence electrons. The minimum absolute atomic E-state index is 0.00251. The molecule has 0 aliphatic carbocycles. The second kappa shape index (κ2) is 6.75. The van der Waals surface area contributed by atoms with Gasteiger partial charge >= 0.3 is 5.97 Å². The molecule has 0 heterocycles. The van der Waals surface area contributed by atoms with Crippen LogP contribution in [-0.4, -0.2) is 28.6 Å². The molecule has 5 N–H and O–H groups in total. The van der Waals surface area contributed by atoms with Crippen LogP contribution in [0.25, 0.3) is 0 Å². The molecule has 1 unspecified atom stereocenters. The first-order valence-corrected chi connectivity index (χ1v) is 6.03. The third-order valence-electron chi connectivity index (χ3n) is 2.79. The SMILES string of the molecule is CC(CCCN)C(=O)Nc1cc(C(=O)O)ccc1O. The fraction of sp³-hybridized carbons (Fsp3) is 0.385. The lowest BCUT2D eigenvalue weighted by atomic mass is 10.0. The van der Waals surface area contributed by atoms with E-state index >= 15 is 0 Å². The molecule has 0 bridgehead atoms. The quantitative estimate of drug-likeness (QED) is 0.581. The van der Waals surface area contributed by atoms with Crippen LogP contribution in [0.4, 0.5) is 5.69 Å². The molecule has 0 aliphatic rings. The Bertz CT molecular complexity index is 474. The van der Waals surface area contributed by atoms with Crippen molar-refractivity contribution >= 4 is 17.6 Å². The van der Waals surface area contributed by atoms with Crippen molar-refractivity contribution in [3.63, 3.8) is 0 Å². The Hall–Kier alpha value is -2.08. The maximum Gasteiger partial charge on any atom is 0.335 e. The number of anilines is 1. The molecule has 0 aromatic heterocycles. The number of aromatic hydroxyl groups is 1. The summed E-state index contributed by atoms with van der Waals surface area (Å²) in [4.78, 5) is 22.7. The maximum atomic E-state index is 11.8. The molecule has 6 nitrogen and oxygen atoms in total. The summed E-state index contributed by atoms with van der Waals surface area (Å²) in [7, 11) is 0. The number of hydrogen-bond donors (Lipinski definition) is 4. The number of carboxylic acid groups (broad SMARTS) is 1. The Morgan fingerprint density at radius 3 is 2.68 bits per heavy atom. The molecule has 0 fully saturated rings. The van der Waals surface area contributed by atoms with Crippen LogP contribution in [0.15, 0.2) is 18.2 Å². The van der Waals surface area contributed by atoms with Crippen LogP contribution in [0.5, 0.6) is 5.75 Å². The van der Waals surface area contributed by atoms with E-state index < -0.39 is 5.97 Å². The van der Waals surface area contributed by atoms with Crippen LogP contribution in [0.1, 0.15) is 30.1 Å². The number of hydrogen-bond acceptors (Lipinski definition) is 4. The predicted molar refractivity (Wildman–Crippen MR) is 71.1 cm³/mol. The summed E-state index contributed by atoms with van der Waals surface area (Å²) >= 11 is 0. The highest BCUT2D eigenvalue weighted by molar-refractivity contribution is 5.96. The number of phenols is 1. The number of carbonyl (C=O) groups excluding carboxylic acids is 1. The molecule has 0 saturated heterocycles. The Balaban J connectivity index is 2.78. The monoisotopic (exact) mass is 266 g/mol. The number of nitrogens with two attached hydrogens (primary N) is 1. The predicted octanol–water partition coefficient (Wildman–Crippen LogP) is 1.40. The molecule has 1 aromatic carbocycles. The lowest BCUT2D eigenvalue weighted by molar-refractivity contribution is -0.119. The van der Waals surface area contributed by atoms with Crippen LogP contribution in [0.3, 0.4) is 0 Å². The second-order valence-electron chi connectivity index (χ2n) is 4.36. The zero-order valence-corrected chi connectivity index (χ0v) is 10.7. The van der Waals surface area contributed by atoms with Crippen molar-refractivity contribution in [2.45, 2.75) is 19.8 Å². The van der Waals surface area contributed by atoms with Crippen molar-refractivity contribution in [1.29, 1.82) is 0 Å². The molecule has 19 heavy (non-hydrogen) atoms. The molecule has 0 spiro atoms. The Kier molecular flexibility index (Phi) is 5.32. The molecule has 1 rings (SSSR count). The second-order valence-corrected chi connectivity index (χ2v) is 4.36. The van der Waals surface area contributed by atoms with Gasteiger partial charge in [0.1, 0.15) is 5.75 Å². The number of carboxylic acids is 1. The summed E-state index contributed by atoms with van der Waals surface area (Å²) in [6.07, 6.45) is 1.37. The average molecular weight is 266 g/mol. The van der Waals surface area contributed by atoms with E-state index in [2.05, 4.69) is 5.32 Å². The summed E-state index contributed by atoms with van der Waals surface area (Å²) in [5.74, 6) is -1.81. The first-order valence-electron chi connectivity index (χ1n) is 6.03. The van der Waals surface area contributed by atoms with Gasteiger partial charge in [0.25, 0.3) is 0 Å². The highest BCUT2D eigenvalue weighted by Gasteiger charge is 2.15. The fourth-order valence-electron chi connectivity index (χ4n) is 1.58. The van der Waals surface area contributed by atoms with Gasteiger partial charge in [0.15, 0.2) is 0 Å². The average Bonchev–Trinajstić information content (AvgIpc) is 2.38. The van der Waals surface area contributed by atoms with Crippen LogP contribution in [0, 0.1) is 5.92 Å². The Morgan fingerprint density at radius 1 is 1.42 bits per heavy atom. The number of aromatic carboxylic acids is 1. The fourth-order valence-corrected chi connectivity index (χ4v) is 1.58. The minimum Gasteiger partial charge on any atom is -0.506 e. The highest BCUT2D eigenvalue weighted by atomic mass is 16.4. The largest absolute Gasteiger partial charge is 0.506 e. The summed E-state index contributed by atoms with van der Waals surface area (Å²) in [6.45, 7) is 2.26. The minimum atomic E-state index is -1.12. The summed E-state index contributed by atoms with van der Waals surface area (Å²) in [6, 6.07) is 3.74. The molecular weight excluding hydrogens is 248 g/mol. The van der Waals surface area contributed by atoms with Crippen molar-refractivity contribution in [2.24, 2.45) is 11.7 Å². The van der Waals surface area contributed by atoms with E-state index in [0.29, 0.717) is 13.0 Å². The number of amides is 1. The van der Waals surface area contributed by atoms with Crippen molar-refractivity contribution in [3.8, 4) is 5.75 Å². The van der Waals surface area contributed by atoms with E-state index in [1.165, 1.54) is 18.2 Å². The molecule has 1 aromatic rings. The van der Waals surface area contributed by atoms with Gasteiger partial charge in [0, 0.05) is 5.92 Å². The van der Waals surface area contributed by atoms with Crippen LogP contribution >= 0.6 is 0 Å². The molecular formula is C13H18N2O4. The molecule has 6 heteroatoms. The normalized spacial score (nSPS) is 11.9. The van der Waals surface area contributed by atoms with Gasteiger partial charge in [0.05, 0.1) is 11.3 Å². The van der Waals surface area contributed by atoms with Gasteiger partial charge in [0.2, 0.25) is 5.91 Å². The van der Waals surface area contributed by atoms with E-state index in [4.69, 9.17) is 10.8 Å². The van der Waals surface area contributed by atoms with E-state index in [0.717, 1.165) is 6.42 Å². The van der Waals surface area contributed by atoms with Crippen LogP contribution in [-0.2, 0) is 4.79 Å². The number of nitrogens with one attached hydrogen (secondary N) is 1. The topological polar surface area (TPSA) is 113 Å². The molecule has 0 saturated carbocycles. The Labute approximate surface area is 111 Å².